The molecule has 2 aromatic heterocycles. The summed E-state index contributed by atoms with van der Waals surface area (Å²) in [6.07, 6.45) is 6.55. The Labute approximate surface area is 140 Å². The monoisotopic (exact) mass is 331 g/mol. The quantitative estimate of drug-likeness (QED) is 0.870. The third kappa shape index (κ3) is 4.12. The van der Waals surface area contributed by atoms with E-state index in [1.54, 1.807) is 17.6 Å². The first-order chi connectivity index (χ1) is 11.2. The van der Waals surface area contributed by atoms with E-state index in [1.807, 2.05) is 12.1 Å². The number of carbonyl (C=O) groups is 1. The van der Waals surface area contributed by atoms with Crippen LogP contribution in [0.15, 0.2) is 45.7 Å². The molecule has 2 aromatic rings. The minimum atomic E-state index is -0.667. The number of carboxylic acids is 1. The summed E-state index contributed by atoms with van der Waals surface area (Å²) in [7, 11) is 0. The van der Waals surface area contributed by atoms with Crippen molar-refractivity contribution in [3.8, 4) is 0 Å². The number of carboxylic acid groups (broad SMARTS) is 1. The third-order valence-corrected chi connectivity index (χ3v) is 4.95. The van der Waals surface area contributed by atoms with Crippen LogP contribution in [0.4, 0.5) is 0 Å². The smallest absolute Gasteiger partial charge is 0.307 e. The summed E-state index contributed by atoms with van der Waals surface area (Å²) in [5.74, 6) is -0.000561. The summed E-state index contributed by atoms with van der Waals surface area (Å²) in [5, 5.41) is 13.4. The lowest BCUT2D eigenvalue weighted by atomic mass is 9.98. The van der Waals surface area contributed by atoms with Gasteiger partial charge in [0.15, 0.2) is 0 Å². The second-order valence-corrected chi connectivity index (χ2v) is 6.65. The second kappa shape index (κ2) is 7.62. The van der Waals surface area contributed by atoms with E-state index in [0.29, 0.717) is 6.54 Å². The molecular formula is C18H21NO3S. The van der Waals surface area contributed by atoms with Gasteiger partial charge in [-0.15, -0.1) is 0 Å². The Morgan fingerprint density at radius 2 is 2.39 bits per heavy atom. The van der Waals surface area contributed by atoms with E-state index < -0.39 is 5.97 Å². The van der Waals surface area contributed by atoms with Crippen LogP contribution in [-0.2, 0) is 4.79 Å². The third-order valence-electron chi connectivity index (χ3n) is 4.27. The molecule has 1 aliphatic rings. The van der Waals surface area contributed by atoms with Crippen molar-refractivity contribution >= 4 is 22.9 Å². The van der Waals surface area contributed by atoms with Crippen LogP contribution in [0.3, 0.4) is 0 Å². The Kier molecular flexibility index (Phi) is 5.31. The van der Waals surface area contributed by atoms with Crippen LogP contribution in [0.1, 0.15) is 30.6 Å². The molecule has 0 radical (unpaired) electrons. The first kappa shape index (κ1) is 16.0. The largest absolute Gasteiger partial charge is 0.481 e. The van der Waals surface area contributed by atoms with Crippen molar-refractivity contribution in [2.24, 2.45) is 5.92 Å². The van der Waals surface area contributed by atoms with Gasteiger partial charge in [0.25, 0.3) is 0 Å². The van der Waals surface area contributed by atoms with Crippen LogP contribution < -0.4 is 0 Å². The molecule has 0 bridgehead atoms. The first-order valence-corrected chi connectivity index (χ1v) is 8.90. The van der Waals surface area contributed by atoms with Crippen LogP contribution in [0, 0.1) is 5.92 Å². The van der Waals surface area contributed by atoms with Crippen molar-refractivity contribution in [3.05, 3.63) is 52.6 Å². The Morgan fingerprint density at radius 3 is 3.09 bits per heavy atom. The zero-order valence-corrected chi connectivity index (χ0v) is 13.8. The number of rotatable bonds is 6. The van der Waals surface area contributed by atoms with Crippen LogP contribution in [-0.4, -0.2) is 35.6 Å². The zero-order valence-electron chi connectivity index (χ0n) is 13.0. The molecular weight excluding hydrogens is 310 g/mol. The standard InChI is InChI=1S/C18H21NO3S/c20-18(21)14-4-1-8-19(12-14)9-2-5-16(15-7-11-23-13-15)17-6-3-10-22-17/h3,5-7,10-11,13-14H,1-2,4,8-9,12H2,(H,20,21)/b16-5+. The SMILES string of the molecule is O=C(O)C1CCCN(CC/C=C(\c2ccsc2)c2ccco2)C1. The Morgan fingerprint density at radius 1 is 1.48 bits per heavy atom. The van der Waals surface area contributed by atoms with Crippen molar-refractivity contribution in [1.82, 2.24) is 4.90 Å². The van der Waals surface area contributed by atoms with E-state index in [-0.39, 0.29) is 5.92 Å². The molecule has 0 saturated carbocycles. The van der Waals surface area contributed by atoms with Gasteiger partial charge in [-0.1, -0.05) is 6.08 Å². The number of furan rings is 1. The Bertz CT molecular complexity index is 610. The predicted molar refractivity (Wildman–Crippen MR) is 91.5 cm³/mol. The molecule has 1 unspecified atom stereocenters. The lowest BCUT2D eigenvalue weighted by molar-refractivity contribution is -0.143. The van der Waals surface area contributed by atoms with Crippen molar-refractivity contribution in [2.45, 2.75) is 19.3 Å². The average molecular weight is 331 g/mol. The van der Waals surface area contributed by atoms with Gasteiger partial charge >= 0.3 is 5.97 Å². The van der Waals surface area contributed by atoms with E-state index in [0.717, 1.165) is 43.7 Å². The van der Waals surface area contributed by atoms with Crippen molar-refractivity contribution in [1.29, 1.82) is 0 Å². The second-order valence-electron chi connectivity index (χ2n) is 5.87. The minimum absolute atomic E-state index is 0.214. The summed E-state index contributed by atoms with van der Waals surface area (Å²) >= 11 is 1.67. The highest BCUT2D eigenvalue weighted by Crippen LogP contribution is 2.26. The summed E-state index contributed by atoms with van der Waals surface area (Å²) in [5.41, 5.74) is 2.29. The van der Waals surface area contributed by atoms with Crippen LogP contribution in [0.2, 0.25) is 0 Å². The van der Waals surface area contributed by atoms with Gasteiger partial charge in [0, 0.05) is 18.7 Å². The van der Waals surface area contributed by atoms with E-state index in [4.69, 9.17) is 9.52 Å². The normalized spacial score (nSPS) is 19.8. The maximum atomic E-state index is 11.1. The Balaban J connectivity index is 1.64. The van der Waals surface area contributed by atoms with Gasteiger partial charge in [-0.2, -0.15) is 11.3 Å². The fraction of sp³-hybridized carbons (Fsp3) is 0.389. The molecule has 1 N–H and O–H groups in total. The van der Waals surface area contributed by atoms with Gasteiger partial charge in [0.2, 0.25) is 0 Å². The highest BCUT2D eigenvalue weighted by molar-refractivity contribution is 7.08. The molecule has 122 valence electrons. The molecule has 3 heterocycles. The zero-order chi connectivity index (χ0) is 16.1. The molecule has 1 aliphatic heterocycles. The summed E-state index contributed by atoms with van der Waals surface area (Å²) in [6.45, 7) is 2.54. The highest BCUT2D eigenvalue weighted by Gasteiger charge is 2.24. The molecule has 1 saturated heterocycles. The molecule has 3 rings (SSSR count). The number of nitrogens with zero attached hydrogens (tertiary/aromatic N) is 1. The average Bonchev–Trinajstić information content (AvgIpc) is 3.25. The number of likely N-dealkylation sites (tertiary alicyclic amines) is 1. The molecule has 23 heavy (non-hydrogen) atoms. The summed E-state index contributed by atoms with van der Waals surface area (Å²) in [6, 6.07) is 5.98. The maximum absolute atomic E-state index is 11.1. The van der Waals surface area contributed by atoms with Gasteiger partial charge in [-0.05, 0) is 60.3 Å². The summed E-state index contributed by atoms with van der Waals surface area (Å²) < 4.78 is 5.56. The topological polar surface area (TPSA) is 53.7 Å². The number of hydrogen-bond donors (Lipinski definition) is 1. The predicted octanol–water partition coefficient (Wildman–Crippen LogP) is 3.96. The fourth-order valence-electron chi connectivity index (χ4n) is 3.06. The number of piperidine rings is 1. The number of aliphatic carboxylic acids is 1. The van der Waals surface area contributed by atoms with Crippen LogP contribution in [0.25, 0.3) is 5.57 Å². The van der Waals surface area contributed by atoms with E-state index in [1.165, 1.54) is 5.56 Å². The molecule has 5 heteroatoms. The van der Waals surface area contributed by atoms with Gasteiger partial charge in [0.1, 0.15) is 5.76 Å². The van der Waals surface area contributed by atoms with Crippen LogP contribution >= 0.6 is 11.3 Å². The molecule has 1 atom stereocenters. The molecule has 1 fully saturated rings. The number of hydrogen-bond acceptors (Lipinski definition) is 4. The lowest BCUT2D eigenvalue weighted by Crippen LogP contribution is -2.39. The molecule has 0 spiro atoms. The van der Waals surface area contributed by atoms with E-state index in [2.05, 4.69) is 27.8 Å². The maximum Gasteiger partial charge on any atom is 0.307 e. The van der Waals surface area contributed by atoms with Gasteiger partial charge < -0.3 is 14.4 Å². The lowest BCUT2D eigenvalue weighted by Gasteiger charge is -2.30. The van der Waals surface area contributed by atoms with Gasteiger partial charge in [0.05, 0.1) is 12.2 Å². The first-order valence-electron chi connectivity index (χ1n) is 7.96. The van der Waals surface area contributed by atoms with Crippen molar-refractivity contribution in [3.63, 3.8) is 0 Å². The van der Waals surface area contributed by atoms with E-state index in [9.17, 15) is 4.79 Å². The molecule has 4 nitrogen and oxygen atoms in total. The summed E-state index contributed by atoms with van der Waals surface area (Å²) in [4.78, 5) is 13.4. The van der Waals surface area contributed by atoms with E-state index >= 15 is 0 Å². The fourth-order valence-corrected chi connectivity index (χ4v) is 3.72. The highest BCUT2D eigenvalue weighted by atomic mass is 32.1. The van der Waals surface area contributed by atoms with Gasteiger partial charge in [-0.3, -0.25) is 4.79 Å². The van der Waals surface area contributed by atoms with Gasteiger partial charge in [-0.25, -0.2) is 0 Å². The molecule has 0 aromatic carbocycles. The number of thiophene rings is 1. The molecule has 0 aliphatic carbocycles. The van der Waals surface area contributed by atoms with Crippen molar-refractivity contribution < 1.29 is 14.3 Å². The Hall–Kier alpha value is -1.85. The minimum Gasteiger partial charge on any atom is -0.481 e. The molecule has 0 amide bonds. The van der Waals surface area contributed by atoms with Crippen LogP contribution in [0.5, 0.6) is 0 Å². The van der Waals surface area contributed by atoms with Crippen molar-refractivity contribution in [2.75, 3.05) is 19.6 Å².